The second kappa shape index (κ2) is 6.90. The molecule has 2 saturated carbocycles. The Kier molecular flexibility index (Phi) is 4.53. The molecule has 1 aromatic heterocycles. The fourth-order valence-electron chi connectivity index (χ4n) is 5.42. The van der Waals surface area contributed by atoms with Gasteiger partial charge in [-0.3, -0.25) is 9.48 Å². The molecule has 2 heterocycles. The number of benzene rings is 1. The van der Waals surface area contributed by atoms with Gasteiger partial charge in [-0.2, -0.15) is 9.40 Å². The highest BCUT2D eigenvalue weighted by molar-refractivity contribution is 7.89. The van der Waals surface area contributed by atoms with Gasteiger partial charge in [-0.1, -0.05) is 0 Å². The molecule has 3 aliphatic rings. The summed E-state index contributed by atoms with van der Waals surface area (Å²) in [5, 5.41) is 17.5. The van der Waals surface area contributed by atoms with Gasteiger partial charge >= 0.3 is 0 Å². The Hall–Kier alpha value is -2.23. The minimum Gasteiger partial charge on any atom is -0.391 e. The summed E-state index contributed by atoms with van der Waals surface area (Å²) in [6.07, 6.45) is 3.04. The van der Waals surface area contributed by atoms with Crippen molar-refractivity contribution in [2.45, 2.75) is 49.8 Å². The lowest BCUT2D eigenvalue weighted by atomic mass is 9.88. The Balaban J connectivity index is 1.31. The molecular formula is C21H26N4O4S. The van der Waals surface area contributed by atoms with Gasteiger partial charge < -0.3 is 10.4 Å². The van der Waals surface area contributed by atoms with Crippen LogP contribution in [-0.4, -0.2) is 52.2 Å². The number of fused-ring (bicyclic) bond motifs is 1. The summed E-state index contributed by atoms with van der Waals surface area (Å²) in [7, 11) is -3.69. The summed E-state index contributed by atoms with van der Waals surface area (Å²) in [5.74, 6) is 0.537. The number of aromatic nitrogens is 2. The number of hydrogen-bond acceptors (Lipinski definition) is 5. The highest BCUT2D eigenvalue weighted by Crippen LogP contribution is 2.56. The number of hydrogen-bond donors (Lipinski definition) is 2. The molecule has 5 atom stereocenters. The summed E-state index contributed by atoms with van der Waals surface area (Å²) in [4.78, 5) is 12.6. The molecule has 8 nitrogen and oxygen atoms in total. The Labute approximate surface area is 175 Å². The molecule has 2 N–H and O–H groups in total. The van der Waals surface area contributed by atoms with Gasteiger partial charge in [0.2, 0.25) is 10.0 Å². The van der Waals surface area contributed by atoms with E-state index in [1.165, 1.54) is 16.4 Å². The highest BCUT2D eigenvalue weighted by atomic mass is 32.2. The van der Waals surface area contributed by atoms with E-state index in [0.29, 0.717) is 23.8 Å². The van der Waals surface area contributed by atoms with Crippen molar-refractivity contribution in [2.24, 2.45) is 17.8 Å². The Morgan fingerprint density at radius 2 is 1.90 bits per heavy atom. The van der Waals surface area contributed by atoms with Crippen molar-refractivity contribution in [3.8, 4) is 0 Å². The molecule has 2 aliphatic carbocycles. The fraction of sp³-hybridized carbons (Fsp3) is 0.524. The first-order valence-electron chi connectivity index (χ1n) is 10.4. The van der Waals surface area contributed by atoms with Crippen molar-refractivity contribution in [3.05, 3.63) is 42.2 Å². The third-order valence-electron chi connectivity index (χ3n) is 6.89. The van der Waals surface area contributed by atoms with Crippen LogP contribution >= 0.6 is 0 Å². The van der Waals surface area contributed by atoms with E-state index < -0.39 is 16.1 Å². The highest BCUT2D eigenvalue weighted by Gasteiger charge is 2.61. The first kappa shape index (κ1) is 19.7. The van der Waals surface area contributed by atoms with Crippen molar-refractivity contribution < 1.29 is 18.3 Å². The lowest BCUT2D eigenvalue weighted by Gasteiger charge is -2.28. The van der Waals surface area contributed by atoms with Gasteiger partial charge in [0.15, 0.2) is 5.69 Å². The Bertz CT molecular complexity index is 1080. The van der Waals surface area contributed by atoms with E-state index in [1.807, 2.05) is 13.8 Å². The number of aliphatic hydroxyl groups is 1. The predicted molar refractivity (Wildman–Crippen MR) is 110 cm³/mol. The van der Waals surface area contributed by atoms with Crippen LogP contribution in [0.15, 0.2) is 41.4 Å². The number of amides is 1. The van der Waals surface area contributed by atoms with Crippen LogP contribution in [0.3, 0.4) is 0 Å². The average molecular weight is 431 g/mol. The summed E-state index contributed by atoms with van der Waals surface area (Å²) in [6, 6.07) is 7.70. The van der Waals surface area contributed by atoms with Crippen LogP contribution in [0.5, 0.6) is 0 Å². The van der Waals surface area contributed by atoms with Crippen molar-refractivity contribution >= 4 is 21.6 Å². The number of carbonyl (C=O) groups is 1. The van der Waals surface area contributed by atoms with E-state index in [9.17, 15) is 18.3 Å². The molecule has 1 aliphatic heterocycles. The summed E-state index contributed by atoms with van der Waals surface area (Å²) in [6.45, 7) is 4.44. The minimum atomic E-state index is -3.69. The molecule has 160 valence electrons. The molecule has 9 heteroatoms. The van der Waals surface area contributed by atoms with E-state index in [1.54, 1.807) is 29.1 Å². The maximum absolute atomic E-state index is 13.2. The zero-order valence-electron chi connectivity index (χ0n) is 17.0. The molecule has 2 bridgehead atoms. The third kappa shape index (κ3) is 2.99. The zero-order chi connectivity index (χ0) is 21.2. The monoisotopic (exact) mass is 430 g/mol. The number of anilines is 1. The number of carbonyl (C=O) groups excluding carboxylic acids is 1. The topological polar surface area (TPSA) is 105 Å². The average Bonchev–Trinajstić information content (AvgIpc) is 3.44. The van der Waals surface area contributed by atoms with Crippen LogP contribution in [0.2, 0.25) is 0 Å². The standard InChI is InChI=1S/C21H26N4O4S/c1-12(2)24-8-7-18(23-24)21(27)22-15-3-5-16(6-4-15)30(28,29)25-11-14-9-13-10-17(14)19(25)20(13)26/h3-8,12-14,17,19-20,26H,9-11H2,1-2H3,(H,22,27)/t13-,14-,17+,19-,20+/m0/s1. The van der Waals surface area contributed by atoms with Gasteiger partial charge in [0.25, 0.3) is 5.91 Å². The molecule has 2 aromatic rings. The van der Waals surface area contributed by atoms with E-state index in [-0.39, 0.29) is 34.7 Å². The number of aliphatic hydroxyl groups excluding tert-OH is 1. The lowest BCUT2D eigenvalue weighted by Crippen LogP contribution is -2.43. The molecule has 5 rings (SSSR count). The molecule has 1 aromatic carbocycles. The number of nitrogens with one attached hydrogen (secondary N) is 1. The maximum Gasteiger partial charge on any atom is 0.276 e. The zero-order valence-corrected chi connectivity index (χ0v) is 17.8. The summed E-state index contributed by atoms with van der Waals surface area (Å²) in [5.41, 5.74) is 0.804. The van der Waals surface area contributed by atoms with E-state index in [4.69, 9.17) is 0 Å². The van der Waals surface area contributed by atoms with E-state index in [2.05, 4.69) is 10.4 Å². The van der Waals surface area contributed by atoms with Gasteiger partial charge in [-0.25, -0.2) is 8.42 Å². The van der Waals surface area contributed by atoms with E-state index in [0.717, 1.165) is 12.8 Å². The van der Waals surface area contributed by atoms with Gasteiger partial charge in [0.1, 0.15) is 0 Å². The van der Waals surface area contributed by atoms with Crippen LogP contribution in [0.25, 0.3) is 0 Å². The Morgan fingerprint density at radius 3 is 2.53 bits per heavy atom. The van der Waals surface area contributed by atoms with Crippen LogP contribution < -0.4 is 5.32 Å². The molecule has 0 unspecified atom stereocenters. The summed E-state index contributed by atoms with van der Waals surface area (Å²) < 4.78 is 29.7. The van der Waals surface area contributed by atoms with Crippen molar-refractivity contribution in [1.82, 2.24) is 14.1 Å². The predicted octanol–water partition coefficient (Wildman–Crippen LogP) is 2.11. The number of nitrogens with zero attached hydrogens (tertiary/aromatic N) is 3. The second-order valence-electron chi connectivity index (χ2n) is 8.96. The lowest BCUT2D eigenvalue weighted by molar-refractivity contribution is 0.0731. The SMILES string of the molecule is CC(C)n1ccc(C(=O)Nc2ccc(S(=O)(=O)N3C[C@@H]4C[C@H]5C[C@H]4[C@H]3[C@@H]5O)cc2)n1. The molecule has 1 amide bonds. The van der Waals surface area contributed by atoms with Gasteiger partial charge in [0.05, 0.1) is 17.0 Å². The largest absolute Gasteiger partial charge is 0.391 e. The molecular weight excluding hydrogens is 404 g/mol. The molecule has 3 fully saturated rings. The molecule has 0 spiro atoms. The van der Waals surface area contributed by atoms with Gasteiger partial charge in [-0.05, 0) is 74.8 Å². The first-order valence-corrected chi connectivity index (χ1v) is 11.9. The second-order valence-corrected chi connectivity index (χ2v) is 10.9. The van der Waals surface area contributed by atoms with Crippen LogP contribution in [0.4, 0.5) is 5.69 Å². The van der Waals surface area contributed by atoms with Crippen molar-refractivity contribution in [1.29, 1.82) is 0 Å². The van der Waals surface area contributed by atoms with Crippen LogP contribution in [-0.2, 0) is 10.0 Å². The van der Waals surface area contributed by atoms with Crippen molar-refractivity contribution in [2.75, 3.05) is 11.9 Å². The van der Waals surface area contributed by atoms with Crippen molar-refractivity contribution in [3.63, 3.8) is 0 Å². The minimum absolute atomic E-state index is 0.158. The van der Waals surface area contributed by atoms with Gasteiger partial charge in [0, 0.05) is 24.5 Å². The molecule has 1 saturated heterocycles. The number of rotatable bonds is 5. The smallest absolute Gasteiger partial charge is 0.276 e. The van der Waals surface area contributed by atoms with E-state index >= 15 is 0 Å². The Morgan fingerprint density at radius 1 is 1.17 bits per heavy atom. The summed E-state index contributed by atoms with van der Waals surface area (Å²) >= 11 is 0. The fourth-order valence-corrected chi connectivity index (χ4v) is 7.16. The normalized spacial score (nSPS) is 30.3. The molecule has 0 radical (unpaired) electrons. The molecule has 30 heavy (non-hydrogen) atoms. The maximum atomic E-state index is 13.2. The van der Waals surface area contributed by atoms with Crippen LogP contribution in [0, 0.1) is 17.8 Å². The van der Waals surface area contributed by atoms with Crippen LogP contribution in [0.1, 0.15) is 43.2 Å². The number of sulfonamides is 1. The third-order valence-corrected chi connectivity index (χ3v) is 8.77. The quantitative estimate of drug-likeness (QED) is 0.756. The van der Waals surface area contributed by atoms with Gasteiger partial charge in [-0.15, -0.1) is 0 Å². The first-order chi connectivity index (χ1) is 14.3.